The molecule has 0 amide bonds. The van der Waals surface area contributed by atoms with E-state index in [1.165, 1.54) is 0 Å². The van der Waals surface area contributed by atoms with Crippen LogP contribution in [0.25, 0.3) is 6.08 Å². The number of hydrogen-bond acceptors (Lipinski definition) is 2. The molecule has 21 heavy (non-hydrogen) atoms. The minimum Gasteiger partial charge on any atom is -0.481 e. The molecule has 104 valence electrons. The quantitative estimate of drug-likeness (QED) is 0.877. The molecule has 0 aromatic heterocycles. The fraction of sp³-hybridized carbons (Fsp3) is 0.111. The Morgan fingerprint density at radius 2 is 1.90 bits per heavy atom. The lowest BCUT2D eigenvalue weighted by Crippen LogP contribution is -2.02. The molecule has 0 spiro atoms. The molecule has 0 saturated heterocycles. The van der Waals surface area contributed by atoms with Crippen molar-refractivity contribution in [1.29, 1.82) is 0 Å². The summed E-state index contributed by atoms with van der Waals surface area (Å²) in [6.07, 6.45) is 2.45. The average Bonchev–Trinajstić information content (AvgIpc) is 2.76. The van der Waals surface area contributed by atoms with Gasteiger partial charge in [0.15, 0.2) is 5.78 Å². The largest absolute Gasteiger partial charge is 0.481 e. The summed E-state index contributed by atoms with van der Waals surface area (Å²) in [4.78, 5) is 23.2. The summed E-state index contributed by atoms with van der Waals surface area (Å²) in [7, 11) is 0. The normalized spacial score (nSPS) is 15.2. The first-order valence-electron chi connectivity index (χ1n) is 6.77. The Balaban J connectivity index is 1.92. The van der Waals surface area contributed by atoms with Crippen molar-refractivity contribution in [2.75, 3.05) is 0 Å². The highest BCUT2D eigenvalue weighted by Gasteiger charge is 2.25. The SMILES string of the molecule is O=C(O)Cc1ccc2c(c1)C(=O)C(=Cc1ccccc1)C2. The van der Waals surface area contributed by atoms with Crippen molar-refractivity contribution in [2.45, 2.75) is 12.8 Å². The highest BCUT2D eigenvalue weighted by atomic mass is 16.4. The highest BCUT2D eigenvalue weighted by Crippen LogP contribution is 2.28. The van der Waals surface area contributed by atoms with Crippen LogP contribution in [0.4, 0.5) is 0 Å². The van der Waals surface area contributed by atoms with E-state index in [0.717, 1.165) is 16.7 Å². The van der Waals surface area contributed by atoms with Crippen LogP contribution in [0.2, 0.25) is 0 Å². The van der Waals surface area contributed by atoms with Crippen molar-refractivity contribution in [3.05, 3.63) is 76.4 Å². The molecule has 2 aromatic carbocycles. The standard InChI is InChI=1S/C18H14O3/c19-17(20)10-13-6-7-14-11-15(18(21)16(14)9-13)8-12-4-2-1-3-5-12/h1-9H,10-11H2,(H,19,20). The van der Waals surface area contributed by atoms with E-state index in [4.69, 9.17) is 5.11 Å². The van der Waals surface area contributed by atoms with Gasteiger partial charge in [0.25, 0.3) is 0 Å². The van der Waals surface area contributed by atoms with Gasteiger partial charge in [0.1, 0.15) is 0 Å². The molecule has 3 heteroatoms. The topological polar surface area (TPSA) is 54.4 Å². The van der Waals surface area contributed by atoms with E-state index >= 15 is 0 Å². The molecule has 0 aliphatic heterocycles. The Hall–Kier alpha value is -2.68. The van der Waals surface area contributed by atoms with E-state index in [1.54, 1.807) is 12.1 Å². The summed E-state index contributed by atoms with van der Waals surface area (Å²) < 4.78 is 0. The number of carboxylic acids is 1. The highest BCUT2D eigenvalue weighted by molar-refractivity contribution is 6.15. The Bertz CT molecular complexity index is 742. The van der Waals surface area contributed by atoms with Gasteiger partial charge in [-0.2, -0.15) is 0 Å². The maximum Gasteiger partial charge on any atom is 0.307 e. The second-order valence-corrected chi connectivity index (χ2v) is 5.15. The molecular weight excluding hydrogens is 264 g/mol. The lowest BCUT2D eigenvalue weighted by Gasteiger charge is -2.00. The Labute approximate surface area is 122 Å². The number of rotatable bonds is 3. The lowest BCUT2D eigenvalue weighted by molar-refractivity contribution is -0.136. The zero-order valence-electron chi connectivity index (χ0n) is 11.4. The minimum atomic E-state index is -0.888. The molecular formula is C18H14O3. The number of allylic oxidation sites excluding steroid dienone is 1. The average molecular weight is 278 g/mol. The minimum absolute atomic E-state index is 0.00101. The maximum atomic E-state index is 12.4. The maximum absolute atomic E-state index is 12.4. The van der Waals surface area contributed by atoms with Gasteiger partial charge in [0.05, 0.1) is 6.42 Å². The van der Waals surface area contributed by atoms with E-state index in [1.807, 2.05) is 42.5 Å². The van der Waals surface area contributed by atoms with Crippen LogP contribution >= 0.6 is 0 Å². The van der Waals surface area contributed by atoms with Crippen molar-refractivity contribution in [1.82, 2.24) is 0 Å². The van der Waals surface area contributed by atoms with Gasteiger partial charge in [-0.1, -0.05) is 42.5 Å². The van der Waals surface area contributed by atoms with E-state index in [0.29, 0.717) is 17.5 Å². The predicted molar refractivity (Wildman–Crippen MR) is 80.2 cm³/mol. The Kier molecular flexibility index (Phi) is 3.40. The van der Waals surface area contributed by atoms with Crippen LogP contribution in [-0.4, -0.2) is 16.9 Å². The second kappa shape index (κ2) is 5.37. The second-order valence-electron chi connectivity index (χ2n) is 5.15. The molecule has 2 aromatic rings. The number of aliphatic carboxylic acids is 1. The fourth-order valence-electron chi connectivity index (χ4n) is 2.60. The molecule has 0 radical (unpaired) electrons. The number of carbonyl (C=O) groups is 2. The molecule has 3 rings (SSSR count). The zero-order valence-corrected chi connectivity index (χ0v) is 11.4. The lowest BCUT2D eigenvalue weighted by atomic mass is 10.0. The molecule has 0 bridgehead atoms. The molecule has 0 atom stereocenters. The smallest absolute Gasteiger partial charge is 0.307 e. The van der Waals surface area contributed by atoms with Crippen molar-refractivity contribution in [2.24, 2.45) is 0 Å². The first kappa shape index (κ1) is 13.3. The fourth-order valence-corrected chi connectivity index (χ4v) is 2.60. The molecule has 1 aliphatic rings. The summed E-state index contributed by atoms with van der Waals surface area (Å²) in [6.45, 7) is 0. The van der Waals surface area contributed by atoms with Crippen LogP contribution in [0.1, 0.15) is 27.0 Å². The summed E-state index contributed by atoms with van der Waals surface area (Å²) >= 11 is 0. The third-order valence-corrected chi connectivity index (χ3v) is 3.59. The van der Waals surface area contributed by atoms with Gasteiger partial charge in [0, 0.05) is 17.6 Å². The Morgan fingerprint density at radius 3 is 2.62 bits per heavy atom. The van der Waals surface area contributed by atoms with Gasteiger partial charge in [-0.25, -0.2) is 0 Å². The molecule has 1 N–H and O–H groups in total. The molecule has 1 aliphatic carbocycles. The number of fused-ring (bicyclic) bond motifs is 1. The van der Waals surface area contributed by atoms with Crippen LogP contribution in [0.15, 0.2) is 54.1 Å². The summed E-state index contributed by atoms with van der Waals surface area (Å²) in [5, 5.41) is 8.83. The zero-order chi connectivity index (χ0) is 14.8. The summed E-state index contributed by atoms with van der Waals surface area (Å²) in [6, 6.07) is 15.1. The van der Waals surface area contributed by atoms with Crippen LogP contribution in [-0.2, 0) is 17.6 Å². The number of hydrogen-bond donors (Lipinski definition) is 1. The summed E-state index contributed by atoms with van der Waals surface area (Å²) in [5.74, 6) is -0.887. The van der Waals surface area contributed by atoms with Crippen molar-refractivity contribution >= 4 is 17.8 Å². The van der Waals surface area contributed by atoms with Crippen molar-refractivity contribution < 1.29 is 14.7 Å². The van der Waals surface area contributed by atoms with Gasteiger partial charge in [0.2, 0.25) is 0 Å². The third kappa shape index (κ3) is 2.77. The van der Waals surface area contributed by atoms with E-state index < -0.39 is 5.97 Å². The van der Waals surface area contributed by atoms with Gasteiger partial charge >= 0.3 is 5.97 Å². The van der Waals surface area contributed by atoms with E-state index in [2.05, 4.69) is 0 Å². The third-order valence-electron chi connectivity index (χ3n) is 3.59. The van der Waals surface area contributed by atoms with Crippen LogP contribution in [0.3, 0.4) is 0 Å². The van der Waals surface area contributed by atoms with Crippen molar-refractivity contribution in [3.63, 3.8) is 0 Å². The van der Waals surface area contributed by atoms with Gasteiger partial charge in [-0.3, -0.25) is 9.59 Å². The van der Waals surface area contributed by atoms with Crippen LogP contribution in [0.5, 0.6) is 0 Å². The van der Waals surface area contributed by atoms with Gasteiger partial charge in [-0.05, 0) is 28.8 Å². The number of carbonyl (C=O) groups excluding carboxylic acids is 1. The molecule has 0 fully saturated rings. The van der Waals surface area contributed by atoms with E-state index in [9.17, 15) is 9.59 Å². The molecule has 3 nitrogen and oxygen atoms in total. The monoisotopic (exact) mass is 278 g/mol. The van der Waals surface area contributed by atoms with E-state index in [-0.39, 0.29) is 12.2 Å². The molecule has 0 saturated carbocycles. The first-order chi connectivity index (χ1) is 10.1. The van der Waals surface area contributed by atoms with Crippen LogP contribution in [0, 0.1) is 0 Å². The molecule has 0 heterocycles. The number of ketones is 1. The number of carboxylic acid groups (broad SMARTS) is 1. The number of benzene rings is 2. The van der Waals surface area contributed by atoms with Gasteiger partial charge < -0.3 is 5.11 Å². The Morgan fingerprint density at radius 1 is 1.14 bits per heavy atom. The summed E-state index contributed by atoms with van der Waals surface area (Å²) in [5.41, 5.74) is 4.02. The van der Waals surface area contributed by atoms with Crippen LogP contribution < -0.4 is 0 Å². The number of Topliss-reactive ketones (excluding diaryl/α,β-unsaturated/α-hetero) is 1. The molecule has 0 unspecified atom stereocenters. The van der Waals surface area contributed by atoms with Crippen molar-refractivity contribution in [3.8, 4) is 0 Å². The predicted octanol–water partition coefficient (Wildman–Crippen LogP) is 3.14. The van der Waals surface area contributed by atoms with Gasteiger partial charge in [-0.15, -0.1) is 0 Å². The first-order valence-corrected chi connectivity index (χ1v) is 6.77.